The van der Waals surface area contributed by atoms with Gasteiger partial charge in [0, 0.05) is 12.3 Å². The number of aromatic amines is 1. The number of halogens is 2. The highest BCUT2D eigenvalue weighted by molar-refractivity contribution is 7.48. The fraction of sp³-hybridized carbons (Fsp3) is 0.708. The smallest absolute Gasteiger partial charge is 0.448 e. The first-order valence-electron chi connectivity index (χ1n) is 13.5. The Hall–Kier alpha value is -3.10. The number of nitrogens with one attached hydrogen (secondary N) is 2. The number of hydrogen-bond donors (Lipinski definition) is 3. The van der Waals surface area contributed by atoms with E-state index in [9.17, 15) is 33.6 Å². The number of H-pyrrole nitrogens is 1. The molecule has 0 aromatic carbocycles. The predicted molar refractivity (Wildman–Crippen MR) is 148 cm³/mol. The Morgan fingerprint density at radius 1 is 1.11 bits per heavy atom. The summed E-state index contributed by atoms with van der Waals surface area (Å²) >= 11 is 5.55. The van der Waals surface area contributed by atoms with Crippen molar-refractivity contribution in [3.8, 4) is 0 Å². The number of carbonyl (C=O) groups is 3. The molecule has 1 aromatic rings. The first-order chi connectivity index (χ1) is 21.4. The monoisotopic (exact) mass is 705 g/mol. The largest absolute Gasteiger partial charge is 0.510 e. The zero-order valence-electron chi connectivity index (χ0n) is 25.4. The molecular formula is C24H34ClFN3O16P. The molecule has 6 atom stereocenters. The normalized spacial score (nSPS) is 27.5. The third kappa shape index (κ3) is 7.38. The number of carbonyl (C=O) groups excluding carboxylic acids is 3. The highest BCUT2D eigenvalue weighted by Gasteiger charge is 2.96. The van der Waals surface area contributed by atoms with Gasteiger partial charge in [-0.3, -0.25) is 23.7 Å². The molecule has 22 heteroatoms. The minimum absolute atomic E-state index is 0.607. The molecule has 260 valence electrons. The second-order valence-corrected chi connectivity index (χ2v) is 12.5. The van der Waals surface area contributed by atoms with Gasteiger partial charge in [0.15, 0.2) is 23.5 Å². The van der Waals surface area contributed by atoms with Gasteiger partial charge in [-0.25, -0.2) is 37.2 Å². The number of esters is 1. The fourth-order valence-corrected chi connectivity index (χ4v) is 5.80. The zero-order chi connectivity index (χ0) is 34.7. The Balaban J connectivity index is 1.99. The van der Waals surface area contributed by atoms with Gasteiger partial charge in [-0.1, -0.05) is 0 Å². The number of ether oxygens (including phenoxy) is 6. The summed E-state index contributed by atoms with van der Waals surface area (Å²) in [6.07, 6.45) is -6.65. The van der Waals surface area contributed by atoms with Gasteiger partial charge in [0.2, 0.25) is 19.2 Å². The molecule has 1 saturated carbocycles. The van der Waals surface area contributed by atoms with Crippen LogP contribution in [0.15, 0.2) is 21.9 Å². The van der Waals surface area contributed by atoms with Crippen molar-refractivity contribution in [1.82, 2.24) is 14.4 Å². The molecule has 0 radical (unpaired) electrons. The minimum atomic E-state index is -5.16. The summed E-state index contributed by atoms with van der Waals surface area (Å²) in [5.41, 5.74) is -9.59. The van der Waals surface area contributed by atoms with Crippen LogP contribution in [0.2, 0.25) is 0 Å². The maximum Gasteiger partial charge on any atom is 0.510 e. The van der Waals surface area contributed by atoms with Gasteiger partial charge in [-0.2, -0.15) is 0 Å². The van der Waals surface area contributed by atoms with Crippen LogP contribution < -0.4 is 16.1 Å². The third-order valence-corrected chi connectivity index (χ3v) is 8.29. The SMILES string of the molecule is CC(C)OC(=O)OCOP(=O)(OCOC(=O)OC(C)C)OC1[C@]2(OC(=O)[C@H](C)NCl)[C@@](C)(O)[C@H](n3ccc(=O)[nH]c3=O)O[C@]12CF. The van der Waals surface area contributed by atoms with E-state index in [1.165, 1.54) is 34.6 Å². The van der Waals surface area contributed by atoms with E-state index < -0.39 is 105 Å². The molecule has 2 heterocycles. The fourth-order valence-electron chi connectivity index (χ4n) is 4.58. The van der Waals surface area contributed by atoms with Crippen molar-refractivity contribution in [1.29, 1.82) is 0 Å². The van der Waals surface area contributed by atoms with Crippen LogP contribution >= 0.6 is 19.6 Å². The summed E-state index contributed by atoms with van der Waals surface area (Å²) in [7, 11) is -5.16. The number of phosphoric acid groups is 1. The standard InChI is InChI=1S/C24H34ClFN3O16P/c1-12(2)41-20(33)37-10-39-46(36,40-11-38-21(34)42-13(3)4)45-17-23(9-26)24(17,43-16(31)14(5)28-25)22(6,35)18(44-23)29-8-7-15(30)27-19(29)32/h7-8,12-14,17-18,28,35H,9-11H2,1-6H3,(H,27,30,32)/t14-,17?,18+,22-,23+,24-/m0/s1. The van der Waals surface area contributed by atoms with Crippen molar-refractivity contribution >= 4 is 37.9 Å². The van der Waals surface area contributed by atoms with Gasteiger partial charge < -0.3 is 33.5 Å². The van der Waals surface area contributed by atoms with Crippen molar-refractivity contribution in [3.63, 3.8) is 0 Å². The Kier molecular flexibility index (Phi) is 11.7. The van der Waals surface area contributed by atoms with Crippen molar-refractivity contribution in [2.45, 2.75) is 88.9 Å². The van der Waals surface area contributed by atoms with Gasteiger partial charge in [0.05, 0.1) is 12.2 Å². The van der Waals surface area contributed by atoms with E-state index in [1.807, 2.05) is 4.98 Å². The molecule has 3 rings (SSSR count). The Morgan fingerprint density at radius 2 is 1.65 bits per heavy atom. The maximum atomic E-state index is 15.0. The van der Waals surface area contributed by atoms with Crippen LogP contribution in [0.3, 0.4) is 0 Å². The van der Waals surface area contributed by atoms with Crippen molar-refractivity contribution < 1.29 is 70.4 Å². The molecule has 3 N–H and O–H groups in total. The molecule has 0 bridgehead atoms. The predicted octanol–water partition coefficient (Wildman–Crippen LogP) is 1.52. The van der Waals surface area contributed by atoms with Gasteiger partial charge in [-0.05, 0) is 53.3 Å². The number of aliphatic hydroxyl groups is 1. The summed E-state index contributed by atoms with van der Waals surface area (Å²) in [6, 6.07) is -0.371. The molecule has 1 aliphatic carbocycles. The Labute approximate surface area is 265 Å². The summed E-state index contributed by atoms with van der Waals surface area (Å²) < 4.78 is 75.2. The van der Waals surface area contributed by atoms with Gasteiger partial charge in [0.1, 0.15) is 12.7 Å². The number of rotatable bonds is 15. The van der Waals surface area contributed by atoms with Crippen LogP contribution in [-0.2, 0) is 51.4 Å². The Morgan fingerprint density at radius 3 is 2.11 bits per heavy atom. The molecule has 1 unspecified atom stereocenters. The van der Waals surface area contributed by atoms with Crippen LogP contribution in [0, 0.1) is 0 Å². The van der Waals surface area contributed by atoms with E-state index in [1.54, 1.807) is 0 Å². The maximum absolute atomic E-state index is 15.0. The molecule has 0 spiro atoms. The molecule has 2 fully saturated rings. The van der Waals surface area contributed by atoms with E-state index in [0.717, 1.165) is 19.2 Å². The van der Waals surface area contributed by atoms with E-state index in [4.69, 9.17) is 44.3 Å². The lowest BCUT2D eigenvalue weighted by Crippen LogP contribution is -2.54. The lowest BCUT2D eigenvalue weighted by Gasteiger charge is -2.35. The van der Waals surface area contributed by atoms with Crippen LogP contribution in [0.1, 0.15) is 47.8 Å². The number of aromatic nitrogens is 2. The van der Waals surface area contributed by atoms with Crippen molar-refractivity contribution in [2.75, 3.05) is 20.3 Å². The van der Waals surface area contributed by atoms with Gasteiger partial charge in [-0.15, -0.1) is 0 Å². The number of phosphoric ester groups is 1. The Bertz CT molecular complexity index is 1420. The lowest BCUT2D eigenvalue weighted by atomic mass is 9.93. The zero-order valence-corrected chi connectivity index (χ0v) is 27.0. The summed E-state index contributed by atoms with van der Waals surface area (Å²) in [6.45, 7) is 4.37. The molecule has 1 aromatic heterocycles. The van der Waals surface area contributed by atoms with Crippen LogP contribution in [0.25, 0.3) is 0 Å². The average molecular weight is 706 g/mol. The quantitative estimate of drug-likeness (QED) is 0.0770. The average Bonchev–Trinajstić information content (AvgIpc) is 3.41. The summed E-state index contributed by atoms with van der Waals surface area (Å²) in [4.78, 5) is 64.7. The first kappa shape index (κ1) is 37.4. The molecule has 2 aliphatic rings. The van der Waals surface area contributed by atoms with E-state index >= 15 is 4.39 Å². The van der Waals surface area contributed by atoms with Gasteiger partial charge in [0.25, 0.3) is 5.56 Å². The molecule has 19 nitrogen and oxygen atoms in total. The number of nitrogens with zero attached hydrogens (tertiary/aromatic N) is 1. The number of alkyl halides is 1. The molecule has 1 saturated heterocycles. The van der Waals surface area contributed by atoms with Crippen LogP contribution in [0.5, 0.6) is 0 Å². The highest BCUT2D eigenvalue weighted by Crippen LogP contribution is 2.73. The third-order valence-electron chi connectivity index (χ3n) is 6.65. The van der Waals surface area contributed by atoms with Crippen LogP contribution in [-0.4, -0.2) is 94.4 Å². The second kappa shape index (κ2) is 14.3. The van der Waals surface area contributed by atoms with E-state index in [0.29, 0.717) is 4.57 Å². The molecule has 46 heavy (non-hydrogen) atoms. The molecule has 1 aliphatic heterocycles. The number of hydrogen-bond acceptors (Lipinski definition) is 17. The van der Waals surface area contributed by atoms with Crippen molar-refractivity contribution in [3.05, 3.63) is 33.1 Å². The van der Waals surface area contributed by atoms with E-state index in [2.05, 4.69) is 14.3 Å². The van der Waals surface area contributed by atoms with Gasteiger partial charge >= 0.3 is 31.8 Å². The summed E-state index contributed by atoms with van der Waals surface area (Å²) in [5, 5.41) is 11.8. The van der Waals surface area contributed by atoms with Crippen molar-refractivity contribution in [2.24, 2.45) is 0 Å². The molecular weight excluding hydrogens is 672 g/mol. The first-order valence-corrected chi connectivity index (χ1v) is 15.3. The highest BCUT2D eigenvalue weighted by atomic mass is 35.5. The number of fused-ring (bicyclic) bond motifs is 1. The lowest BCUT2D eigenvalue weighted by molar-refractivity contribution is -0.190. The summed E-state index contributed by atoms with van der Waals surface area (Å²) in [5.74, 6) is -1.19. The topological polar surface area (TPSA) is 238 Å². The molecule has 0 amide bonds. The second-order valence-electron chi connectivity index (χ2n) is 10.7. The van der Waals surface area contributed by atoms with Crippen LogP contribution in [0.4, 0.5) is 14.0 Å². The van der Waals surface area contributed by atoms with E-state index in [-0.39, 0.29) is 0 Å². The minimum Gasteiger partial charge on any atom is -0.448 e.